The van der Waals surface area contributed by atoms with Gasteiger partial charge in [0.15, 0.2) is 0 Å². The molecule has 1 fully saturated rings. The standard InChI is InChI=1S/C15H24N2O3S/c1-3-16-14-9-4-5-10-15(14)21(18,19)17(2)12-13-8-6-7-11-20-13/h4-5,9-10,13,16H,3,6-8,11-12H2,1-2H3. The van der Waals surface area contributed by atoms with Crippen LogP contribution in [0.4, 0.5) is 5.69 Å². The Morgan fingerprint density at radius 3 is 2.76 bits per heavy atom. The van der Waals surface area contributed by atoms with E-state index < -0.39 is 10.0 Å². The van der Waals surface area contributed by atoms with Gasteiger partial charge in [0.1, 0.15) is 4.90 Å². The van der Waals surface area contributed by atoms with E-state index in [1.54, 1.807) is 25.2 Å². The van der Waals surface area contributed by atoms with Crippen molar-refractivity contribution in [3.63, 3.8) is 0 Å². The van der Waals surface area contributed by atoms with Gasteiger partial charge in [-0.15, -0.1) is 0 Å². The number of hydrogen-bond acceptors (Lipinski definition) is 4. The fourth-order valence-corrected chi connectivity index (χ4v) is 3.90. The van der Waals surface area contributed by atoms with Crippen molar-refractivity contribution in [1.29, 1.82) is 0 Å². The minimum atomic E-state index is -3.50. The van der Waals surface area contributed by atoms with Gasteiger partial charge in [0.25, 0.3) is 0 Å². The van der Waals surface area contributed by atoms with Crippen molar-refractivity contribution in [2.45, 2.75) is 37.2 Å². The molecule has 1 N–H and O–H groups in total. The Balaban J connectivity index is 2.16. The molecule has 1 aliphatic heterocycles. The van der Waals surface area contributed by atoms with Crippen LogP contribution >= 0.6 is 0 Å². The summed E-state index contributed by atoms with van der Waals surface area (Å²) in [6, 6.07) is 7.02. The van der Waals surface area contributed by atoms with Gasteiger partial charge in [-0.3, -0.25) is 0 Å². The summed E-state index contributed by atoms with van der Waals surface area (Å²) in [6.45, 7) is 3.76. The van der Waals surface area contributed by atoms with E-state index in [1.807, 2.05) is 13.0 Å². The topological polar surface area (TPSA) is 58.6 Å². The van der Waals surface area contributed by atoms with Crippen molar-refractivity contribution in [3.8, 4) is 0 Å². The number of anilines is 1. The van der Waals surface area contributed by atoms with Gasteiger partial charge in [-0.1, -0.05) is 12.1 Å². The SMILES string of the molecule is CCNc1ccccc1S(=O)(=O)N(C)CC1CCCCO1. The Kier molecular flexibility index (Phi) is 5.61. The summed E-state index contributed by atoms with van der Waals surface area (Å²) in [5.74, 6) is 0. The number of nitrogens with one attached hydrogen (secondary N) is 1. The molecule has 6 heteroatoms. The Hall–Kier alpha value is -1.11. The van der Waals surface area contributed by atoms with E-state index in [4.69, 9.17) is 4.74 Å². The summed E-state index contributed by atoms with van der Waals surface area (Å²) >= 11 is 0. The van der Waals surface area contributed by atoms with Crippen LogP contribution in [0.15, 0.2) is 29.2 Å². The first-order valence-electron chi connectivity index (χ1n) is 7.46. The average Bonchev–Trinajstić information content (AvgIpc) is 2.49. The molecule has 1 aromatic carbocycles. The molecule has 0 bridgehead atoms. The predicted molar refractivity (Wildman–Crippen MR) is 84.0 cm³/mol. The molecule has 0 radical (unpaired) electrons. The van der Waals surface area contributed by atoms with Crippen LogP contribution in [0, 0.1) is 0 Å². The Morgan fingerprint density at radius 2 is 2.10 bits per heavy atom. The number of benzene rings is 1. The quantitative estimate of drug-likeness (QED) is 0.876. The second kappa shape index (κ2) is 7.24. The second-order valence-electron chi connectivity index (χ2n) is 5.30. The highest BCUT2D eigenvalue weighted by atomic mass is 32.2. The van der Waals surface area contributed by atoms with E-state index in [2.05, 4.69) is 5.32 Å². The average molecular weight is 312 g/mol. The molecule has 0 spiro atoms. The van der Waals surface area contributed by atoms with Gasteiger partial charge in [-0.05, 0) is 38.3 Å². The van der Waals surface area contributed by atoms with Crippen molar-refractivity contribution in [3.05, 3.63) is 24.3 Å². The molecular weight excluding hydrogens is 288 g/mol. The lowest BCUT2D eigenvalue weighted by Crippen LogP contribution is -2.37. The lowest BCUT2D eigenvalue weighted by molar-refractivity contribution is 0.00859. The summed E-state index contributed by atoms with van der Waals surface area (Å²) in [4.78, 5) is 0.324. The maximum atomic E-state index is 12.7. The van der Waals surface area contributed by atoms with Crippen molar-refractivity contribution >= 4 is 15.7 Å². The fourth-order valence-electron chi connectivity index (χ4n) is 2.53. The molecule has 5 nitrogen and oxygen atoms in total. The van der Waals surface area contributed by atoms with E-state index in [0.717, 1.165) is 25.9 Å². The molecule has 1 aliphatic rings. The number of para-hydroxylation sites is 1. The van der Waals surface area contributed by atoms with Crippen LogP contribution in [0.25, 0.3) is 0 Å². The molecule has 21 heavy (non-hydrogen) atoms. The monoisotopic (exact) mass is 312 g/mol. The maximum absolute atomic E-state index is 12.7. The number of likely N-dealkylation sites (N-methyl/N-ethyl adjacent to an activating group) is 1. The third-order valence-corrected chi connectivity index (χ3v) is 5.56. The molecule has 2 rings (SSSR count). The lowest BCUT2D eigenvalue weighted by Gasteiger charge is -2.27. The first-order valence-corrected chi connectivity index (χ1v) is 8.90. The number of hydrogen-bond donors (Lipinski definition) is 1. The van der Waals surface area contributed by atoms with Crippen LogP contribution in [0.1, 0.15) is 26.2 Å². The zero-order chi connectivity index (χ0) is 15.3. The molecule has 1 unspecified atom stereocenters. The van der Waals surface area contributed by atoms with E-state index >= 15 is 0 Å². The van der Waals surface area contributed by atoms with Crippen LogP contribution in [0.5, 0.6) is 0 Å². The van der Waals surface area contributed by atoms with Gasteiger partial charge in [0.2, 0.25) is 10.0 Å². The van der Waals surface area contributed by atoms with Crippen molar-refractivity contribution < 1.29 is 13.2 Å². The van der Waals surface area contributed by atoms with Crippen LogP contribution in [-0.4, -0.2) is 45.6 Å². The summed E-state index contributed by atoms with van der Waals surface area (Å²) in [6.07, 6.45) is 3.10. The summed E-state index contributed by atoms with van der Waals surface area (Å²) in [5, 5.41) is 3.10. The summed E-state index contributed by atoms with van der Waals surface area (Å²) in [7, 11) is -1.88. The highest BCUT2D eigenvalue weighted by molar-refractivity contribution is 7.89. The molecule has 1 atom stereocenters. The zero-order valence-electron chi connectivity index (χ0n) is 12.7. The number of sulfonamides is 1. The maximum Gasteiger partial charge on any atom is 0.244 e. The van der Waals surface area contributed by atoms with Crippen LogP contribution in [0.2, 0.25) is 0 Å². The predicted octanol–water partition coefficient (Wildman–Crippen LogP) is 2.31. The fraction of sp³-hybridized carbons (Fsp3) is 0.600. The second-order valence-corrected chi connectivity index (χ2v) is 7.31. The smallest absolute Gasteiger partial charge is 0.244 e. The third kappa shape index (κ3) is 3.96. The highest BCUT2D eigenvalue weighted by Gasteiger charge is 2.27. The molecule has 1 aromatic rings. The van der Waals surface area contributed by atoms with Crippen LogP contribution in [0.3, 0.4) is 0 Å². The van der Waals surface area contributed by atoms with Gasteiger partial charge in [0.05, 0.1) is 11.8 Å². The number of rotatable bonds is 6. The first kappa shape index (κ1) is 16.3. The molecule has 0 amide bonds. The molecular formula is C15H24N2O3S. The number of ether oxygens (including phenoxy) is 1. The van der Waals surface area contributed by atoms with Gasteiger partial charge in [-0.2, -0.15) is 4.31 Å². The Labute approximate surface area is 127 Å². The van der Waals surface area contributed by atoms with Gasteiger partial charge < -0.3 is 10.1 Å². The Morgan fingerprint density at radius 1 is 1.33 bits per heavy atom. The third-order valence-electron chi connectivity index (χ3n) is 3.68. The molecule has 0 saturated carbocycles. The van der Waals surface area contributed by atoms with E-state index in [-0.39, 0.29) is 6.10 Å². The molecule has 1 heterocycles. The zero-order valence-corrected chi connectivity index (χ0v) is 13.5. The summed E-state index contributed by atoms with van der Waals surface area (Å²) in [5.41, 5.74) is 0.649. The van der Waals surface area contributed by atoms with Gasteiger partial charge in [0, 0.05) is 26.7 Å². The minimum Gasteiger partial charge on any atom is -0.384 e. The van der Waals surface area contributed by atoms with E-state index in [0.29, 0.717) is 23.7 Å². The molecule has 118 valence electrons. The first-order chi connectivity index (χ1) is 10.1. The van der Waals surface area contributed by atoms with Crippen molar-refractivity contribution in [2.24, 2.45) is 0 Å². The van der Waals surface area contributed by atoms with E-state index in [9.17, 15) is 8.42 Å². The normalized spacial score (nSPS) is 19.7. The summed E-state index contributed by atoms with van der Waals surface area (Å²) < 4.78 is 32.5. The molecule has 0 aromatic heterocycles. The molecule has 0 aliphatic carbocycles. The van der Waals surface area contributed by atoms with Gasteiger partial charge in [-0.25, -0.2) is 8.42 Å². The lowest BCUT2D eigenvalue weighted by atomic mass is 10.1. The minimum absolute atomic E-state index is 0.00446. The van der Waals surface area contributed by atoms with Crippen LogP contribution < -0.4 is 5.32 Å². The van der Waals surface area contributed by atoms with Crippen molar-refractivity contribution in [1.82, 2.24) is 4.31 Å². The highest BCUT2D eigenvalue weighted by Crippen LogP contribution is 2.24. The Bertz CT molecular complexity index is 554. The molecule has 1 saturated heterocycles. The van der Waals surface area contributed by atoms with Gasteiger partial charge >= 0.3 is 0 Å². The number of nitrogens with zero attached hydrogens (tertiary/aromatic N) is 1. The van der Waals surface area contributed by atoms with Crippen LogP contribution in [-0.2, 0) is 14.8 Å². The van der Waals surface area contributed by atoms with Crippen molar-refractivity contribution in [2.75, 3.05) is 32.1 Å². The largest absolute Gasteiger partial charge is 0.384 e. The van der Waals surface area contributed by atoms with E-state index in [1.165, 1.54) is 4.31 Å².